The van der Waals surface area contributed by atoms with Crippen molar-refractivity contribution >= 4 is 28.4 Å². The number of hydrogen-bond donors (Lipinski definition) is 2. The predicted molar refractivity (Wildman–Crippen MR) is 107 cm³/mol. The maximum atomic E-state index is 12.5. The van der Waals surface area contributed by atoms with E-state index in [-0.39, 0.29) is 19.1 Å². The fourth-order valence-corrected chi connectivity index (χ4v) is 2.92. The molecule has 0 spiro atoms. The first-order valence-electron chi connectivity index (χ1n) is 8.65. The Hall–Kier alpha value is -2.63. The Kier molecular flexibility index (Phi) is 5.94. The third-order valence-electron chi connectivity index (χ3n) is 4.14. The average Bonchev–Trinajstić information content (AvgIpc) is 2.64. The molecule has 140 valence electrons. The van der Waals surface area contributed by atoms with Crippen molar-refractivity contribution in [2.24, 2.45) is 0 Å². The van der Waals surface area contributed by atoms with Crippen LogP contribution in [0.2, 0.25) is 5.02 Å². The molecule has 0 bridgehead atoms. The summed E-state index contributed by atoms with van der Waals surface area (Å²) >= 11 is 6.01. The molecule has 3 rings (SSSR count). The lowest BCUT2D eigenvalue weighted by Crippen LogP contribution is -2.35. The van der Waals surface area contributed by atoms with Crippen LogP contribution >= 0.6 is 11.6 Å². The fraction of sp³-hybridized carbons (Fsp3) is 0.238. The second kappa shape index (κ2) is 8.37. The molecule has 3 aromatic rings. The third kappa shape index (κ3) is 4.96. The molecule has 2 aromatic carbocycles. The largest absolute Gasteiger partial charge is 0.491 e. The van der Waals surface area contributed by atoms with Crippen LogP contribution in [0.4, 0.5) is 0 Å². The van der Waals surface area contributed by atoms with Crippen LogP contribution in [0, 0.1) is 13.8 Å². The lowest BCUT2D eigenvalue weighted by atomic mass is 10.1. The summed E-state index contributed by atoms with van der Waals surface area (Å²) in [7, 11) is 0. The lowest BCUT2D eigenvalue weighted by Gasteiger charge is -2.14. The summed E-state index contributed by atoms with van der Waals surface area (Å²) < 4.78 is 5.55. The van der Waals surface area contributed by atoms with Crippen molar-refractivity contribution in [3.63, 3.8) is 0 Å². The molecule has 0 aliphatic rings. The van der Waals surface area contributed by atoms with Crippen LogP contribution in [0.3, 0.4) is 0 Å². The van der Waals surface area contributed by atoms with Gasteiger partial charge in [0.05, 0.1) is 16.8 Å². The number of fused-ring (bicyclic) bond motifs is 1. The van der Waals surface area contributed by atoms with Gasteiger partial charge in [-0.15, -0.1) is 0 Å². The summed E-state index contributed by atoms with van der Waals surface area (Å²) in [6, 6.07) is 14.7. The van der Waals surface area contributed by atoms with Crippen molar-refractivity contribution < 1.29 is 14.6 Å². The van der Waals surface area contributed by atoms with Crippen molar-refractivity contribution in [2.75, 3.05) is 13.2 Å². The van der Waals surface area contributed by atoms with Crippen molar-refractivity contribution in [1.82, 2.24) is 10.3 Å². The number of halogens is 1. The van der Waals surface area contributed by atoms with Gasteiger partial charge in [-0.1, -0.05) is 23.7 Å². The molecule has 6 heteroatoms. The Morgan fingerprint density at radius 2 is 2.04 bits per heavy atom. The van der Waals surface area contributed by atoms with E-state index in [0.29, 0.717) is 22.0 Å². The number of aryl methyl sites for hydroxylation is 2. The van der Waals surface area contributed by atoms with Crippen molar-refractivity contribution in [3.05, 3.63) is 70.4 Å². The molecular weight excluding hydrogens is 364 g/mol. The van der Waals surface area contributed by atoms with Gasteiger partial charge in [0, 0.05) is 17.0 Å². The third-order valence-corrected chi connectivity index (χ3v) is 4.38. The zero-order valence-corrected chi connectivity index (χ0v) is 16.0. The standard InChI is InChI=1S/C21H21ClN2O3/c1-13-4-3-5-18(8-13)27-12-17(25)11-23-21(26)19-10-15-9-16(22)6-7-20(15)24-14(19)2/h3-10,17,25H,11-12H2,1-2H3,(H,23,26). The monoisotopic (exact) mass is 384 g/mol. The van der Waals surface area contributed by atoms with E-state index in [1.807, 2.05) is 37.3 Å². The highest BCUT2D eigenvalue weighted by molar-refractivity contribution is 6.31. The van der Waals surface area contributed by atoms with Crippen LogP contribution in [0.1, 0.15) is 21.6 Å². The van der Waals surface area contributed by atoms with Gasteiger partial charge >= 0.3 is 0 Å². The van der Waals surface area contributed by atoms with E-state index in [2.05, 4.69) is 10.3 Å². The minimum absolute atomic E-state index is 0.0810. The van der Waals surface area contributed by atoms with Crippen LogP contribution in [-0.2, 0) is 0 Å². The summed E-state index contributed by atoms with van der Waals surface area (Å²) in [6.07, 6.45) is -0.822. The van der Waals surface area contributed by atoms with Gasteiger partial charge in [0.25, 0.3) is 5.91 Å². The normalized spacial score (nSPS) is 12.0. The molecular formula is C21H21ClN2O3. The Labute approximate surface area is 163 Å². The van der Waals surface area contributed by atoms with Crippen molar-refractivity contribution in [3.8, 4) is 5.75 Å². The smallest absolute Gasteiger partial charge is 0.253 e. The van der Waals surface area contributed by atoms with E-state index in [0.717, 1.165) is 16.5 Å². The van der Waals surface area contributed by atoms with E-state index in [1.54, 1.807) is 25.1 Å². The summed E-state index contributed by atoms with van der Waals surface area (Å²) in [5, 5.41) is 14.2. The Morgan fingerprint density at radius 3 is 2.81 bits per heavy atom. The molecule has 0 radical (unpaired) electrons. The van der Waals surface area contributed by atoms with Crippen LogP contribution in [0.25, 0.3) is 10.9 Å². The topological polar surface area (TPSA) is 71.5 Å². The fourth-order valence-electron chi connectivity index (χ4n) is 2.74. The number of aromatic nitrogens is 1. The minimum atomic E-state index is -0.822. The molecule has 0 saturated heterocycles. The minimum Gasteiger partial charge on any atom is -0.491 e. The molecule has 1 atom stereocenters. The highest BCUT2D eigenvalue weighted by atomic mass is 35.5. The number of carbonyl (C=O) groups is 1. The number of nitrogens with zero attached hydrogens (tertiary/aromatic N) is 1. The van der Waals surface area contributed by atoms with E-state index in [9.17, 15) is 9.90 Å². The van der Waals surface area contributed by atoms with Gasteiger partial charge in [0.2, 0.25) is 0 Å². The first-order valence-corrected chi connectivity index (χ1v) is 9.03. The first-order chi connectivity index (χ1) is 12.9. The number of carbonyl (C=O) groups excluding carboxylic acids is 1. The van der Waals surface area contributed by atoms with E-state index >= 15 is 0 Å². The van der Waals surface area contributed by atoms with Gasteiger partial charge < -0.3 is 15.2 Å². The number of benzene rings is 2. The number of amides is 1. The molecule has 1 amide bonds. The van der Waals surface area contributed by atoms with Gasteiger partial charge in [-0.3, -0.25) is 9.78 Å². The summed E-state index contributed by atoms with van der Waals surface area (Å²) in [5.41, 5.74) is 2.93. The van der Waals surface area contributed by atoms with Crippen LogP contribution in [-0.4, -0.2) is 35.3 Å². The molecule has 0 aliphatic carbocycles. The highest BCUT2D eigenvalue weighted by Gasteiger charge is 2.14. The highest BCUT2D eigenvalue weighted by Crippen LogP contribution is 2.20. The molecule has 0 aliphatic heterocycles. The predicted octanol–water partition coefficient (Wildman–Crippen LogP) is 3.67. The van der Waals surface area contributed by atoms with Gasteiger partial charge in [-0.25, -0.2) is 0 Å². The second-order valence-corrected chi connectivity index (χ2v) is 6.89. The van der Waals surface area contributed by atoms with Gasteiger partial charge in [-0.05, 0) is 55.8 Å². The summed E-state index contributed by atoms with van der Waals surface area (Å²) in [5.74, 6) is 0.392. The van der Waals surface area contributed by atoms with E-state index < -0.39 is 6.10 Å². The maximum Gasteiger partial charge on any atom is 0.253 e. The van der Waals surface area contributed by atoms with Gasteiger partial charge in [0.15, 0.2) is 0 Å². The number of pyridine rings is 1. The van der Waals surface area contributed by atoms with Crippen LogP contribution < -0.4 is 10.1 Å². The van der Waals surface area contributed by atoms with E-state index in [4.69, 9.17) is 16.3 Å². The van der Waals surface area contributed by atoms with E-state index in [1.165, 1.54) is 0 Å². The zero-order valence-electron chi connectivity index (χ0n) is 15.2. The van der Waals surface area contributed by atoms with Crippen LogP contribution in [0.15, 0.2) is 48.5 Å². The molecule has 1 aromatic heterocycles. The molecule has 0 fully saturated rings. The number of rotatable bonds is 6. The number of aliphatic hydroxyl groups excluding tert-OH is 1. The zero-order chi connectivity index (χ0) is 19.4. The average molecular weight is 385 g/mol. The summed E-state index contributed by atoms with van der Waals surface area (Å²) in [6.45, 7) is 3.92. The Morgan fingerprint density at radius 1 is 1.22 bits per heavy atom. The second-order valence-electron chi connectivity index (χ2n) is 6.45. The Bertz CT molecular complexity index is 975. The number of aliphatic hydroxyl groups is 1. The first kappa shape index (κ1) is 19.1. The van der Waals surface area contributed by atoms with Gasteiger partial charge in [-0.2, -0.15) is 0 Å². The lowest BCUT2D eigenvalue weighted by molar-refractivity contribution is 0.0843. The van der Waals surface area contributed by atoms with Gasteiger partial charge in [0.1, 0.15) is 18.5 Å². The molecule has 1 unspecified atom stereocenters. The Balaban J connectivity index is 1.60. The van der Waals surface area contributed by atoms with Crippen molar-refractivity contribution in [2.45, 2.75) is 20.0 Å². The molecule has 2 N–H and O–H groups in total. The SMILES string of the molecule is Cc1cccc(OCC(O)CNC(=O)c2cc3cc(Cl)ccc3nc2C)c1. The summed E-state index contributed by atoms with van der Waals surface area (Å²) in [4.78, 5) is 16.9. The maximum absolute atomic E-state index is 12.5. The molecule has 27 heavy (non-hydrogen) atoms. The number of nitrogens with one attached hydrogen (secondary N) is 1. The molecule has 0 saturated carbocycles. The van der Waals surface area contributed by atoms with Crippen LogP contribution in [0.5, 0.6) is 5.75 Å². The van der Waals surface area contributed by atoms with Crippen molar-refractivity contribution in [1.29, 1.82) is 0 Å². The molecule has 5 nitrogen and oxygen atoms in total. The number of hydrogen-bond acceptors (Lipinski definition) is 4. The quantitative estimate of drug-likeness (QED) is 0.680. The number of ether oxygens (including phenoxy) is 1. The molecule has 1 heterocycles.